The highest BCUT2D eigenvalue weighted by molar-refractivity contribution is 5.13. The van der Waals surface area contributed by atoms with Crippen molar-refractivity contribution in [3.8, 4) is 0 Å². The third-order valence-corrected chi connectivity index (χ3v) is 6.09. The lowest BCUT2D eigenvalue weighted by molar-refractivity contribution is -0.189. The normalized spacial score (nSPS) is 34.3. The van der Waals surface area contributed by atoms with Gasteiger partial charge in [0.25, 0.3) is 0 Å². The van der Waals surface area contributed by atoms with Crippen LogP contribution in [0.1, 0.15) is 53.4 Å². The van der Waals surface area contributed by atoms with E-state index >= 15 is 0 Å². The first-order valence-electron chi connectivity index (χ1n) is 7.38. The first kappa shape index (κ1) is 15.1. The SMILES string of the molecule is CC1(C)C(CNC2CCCCC2C(F)(F)F)C1(C)C. The lowest BCUT2D eigenvalue weighted by Gasteiger charge is -2.34. The zero-order valence-corrected chi connectivity index (χ0v) is 12.4. The fourth-order valence-electron chi connectivity index (χ4n) is 3.88. The maximum atomic E-state index is 13.0. The fraction of sp³-hybridized carbons (Fsp3) is 1.00. The predicted octanol–water partition coefficient (Wildman–Crippen LogP) is 4.38. The number of halogens is 3. The number of nitrogens with one attached hydrogen (secondary N) is 1. The summed E-state index contributed by atoms with van der Waals surface area (Å²) < 4.78 is 39.0. The zero-order valence-electron chi connectivity index (χ0n) is 12.4. The molecular formula is C15H26F3N. The minimum absolute atomic E-state index is 0.238. The molecule has 4 heteroatoms. The van der Waals surface area contributed by atoms with Gasteiger partial charge < -0.3 is 5.32 Å². The van der Waals surface area contributed by atoms with Crippen molar-refractivity contribution in [3.63, 3.8) is 0 Å². The second-order valence-electron chi connectivity index (χ2n) is 7.44. The van der Waals surface area contributed by atoms with Crippen LogP contribution in [0, 0.1) is 22.7 Å². The maximum absolute atomic E-state index is 13.0. The van der Waals surface area contributed by atoms with Crippen LogP contribution in [0.5, 0.6) is 0 Å². The quantitative estimate of drug-likeness (QED) is 0.807. The third kappa shape index (κ3) is 2.65. The molecule has 2 atom stereocenters. The van der Waals surface area contributed by atoms with Gasteiger partial charge in [0.1, 0.15) is 0 Å². The van der Waals surface area contributed by atoms with Gasteiger partial charge in [-0.3, -0.25) is 0 Å². The van der Waals surface area contributed by atoms with Crippen LogP contribution < -0.4 is 5.32 Å². The summed E-state index contributed by atoms with van der Waals surface area (Å²) >= 11 is 0. The Morgan fingerprint density at radius 3 is 2.00 bits per heavy atom. The van der Waals surface area contributed by atoms with Gasteiger partial charge in [0.05, 0.1) is 5.92 Å². The van der Waals surface area contributed by atoms with Gasteiger partial charge in [-0.15, -0.1) is 0 Å². The van der Waals surface area contributed by atoms with Crippen molar-refractivity contribution in [2.75, 3.05) is 6.54 Å². The summed E-state index contributed by atoms with van der Waals surface area (Å²) in [5.74, 6) is -0.665. The summed E-state index contributed by atoms with van der Waals surface area (Å²) in [6, 6.07) is -0.374. The van der Waals surface area contributed by atoms with Crippen molar-refractivity contribution in [2.24, 2.45) is 22.7 Å². The van der Waals surface area contributed by atoms with Crippen molar-refractivity contribution < 1.29 is 13.2 Å². The summed E-state index contributed by atoms with van der Waals surface area (Å²) in [6.45, 7) is 9.56. The highest BCUT2D eigenvalue weighted by atomic mass is 19.4. The van der Waals surface area contributed by atoms with Crippen molar-refractivity contribution in [2.45, 2.75) is 65.6 Å². The molecule has 2 aliphatic carbocycles. The molecule has 2 aliphatic rings. The molecule has 0 aliphatic heterocycles. The Hall–Kier alpha value is -0.250. The number of hydrogen-bond acceptors (Lipinski definition) is 1. The topological polar surface area (TPSA) is 12.0 Å². The predicted molar refractivity (Wildman–Crippen MR) is 70.9 cm³/mol. The van der Waals surface area contributed by atoms with Gasteiger partial charge in [-0.1, -0.05) is 40.5 Å². The molecule has 0 aromatic carbocycles. The monoisotopic (exact) mass is 277 g/mol. The van der Waals surface area contributed by atoms with Crippen molar-refractivity contribution in [1.82, 2.24) is 5.32 Å². The van der Waals surface area contributed by atoms with E-state index in [-0.39, 0.29) is 16.9 Å². The summed E-state index contributed by atoms with van der Waals surface area (Å²) in [5, 5.41) is 3.23. The van der Waals surface area contributed by atoms with E-state index in [1.54, 1.807) is 0 Å². The largest absolute Gasteiger partial charge is 0.393 e. The number of alkyl halides is 3. The van der Waals surface area contributed by atoms with E-state index in [1.165, 1.54) is 0 Å². The summed E-state index contributed by atoms with van der Waals surface area (Å²) in [6.07, 6.45) is -1.46. The second kappa shape index (κ2) is 4.64. The van der Waals surface area contributed by atoms with Crippen LogP contribution in [0.2, 0.25) is 0 Å². The van der Waals surface area contributed by atoms with E-state index in [0.717, 1.165) is 13.0 Å². The van der Waals surface area contributed by atoms with Crippen LogP contribution in [0.25, 0.3) is 0 Å². The molecule has 0 radical (unpaired) electrons. The molecule has 1 N–H and O–H groups in total. The molecule has 2 fully saturated rings. The first-order valence-corrected chi connectivity index (χ1v) is 7.38. The van der Waals surface area contributed by atoms with Crippen molar-refractivity contribution in [1.29, 1.82) is 0 Å². The molecule has 112 valence electrons. The molecule has 19 heavy (non-hydrogen) atoms. The van der Waals surface area contributed by atoms with Crippen molar-refractivity contribution >= 4 is 0 Å². The van der Waals surface area contributed by atoms with Crippen LogP contribution >= 0.6 is 0 Å². The molecule has 2 rings (SSSR count). The average molecular weight is 277 g/mol. The number of rotatable bonds is 3. The van der Waals surface area contributed by atoms with Gasteiger partial charge in [-0.2, -0.15) is 13.2 Å². The van der Waals surface area contributed by atoms with Crippen LogP contribution in [-0.4, -0.2) is 18.8 Å². The molecule has 0 saturated heterocycles. The Bertz CT molecular complexity index is 319. The molecule has 2 unspecified atom stereocenters. The van der Waals surface area contributed by atoms with E-state index in [0.29, 0.717) is 25.2 Å². The third-order valence-electron chi connectivity index (χ3n) is 6.09. The maximum Gasteiger partial charge on any atom is 0.393 e. The van der Waals surface area contributed by atoms with Crippen molar-refractivity contribution in [3.05, 3.63) is 0 Å². The van der Waals surface area contributed by atoms with Gasteiger partial charge in [0.2, 0.25) is 0 Å². The standard InChI is InChI=1S/C15H26F3N/c1-13(2)12(14(13,3)4)9-19-11-8-6-5-7-10(11)15(16,17)18/h10-12,19H,5-9H2,1-4H3. The van der Waals surface area contributed by atoms with Gasteiger partial charge in [-0.05, 0) is 36.1 Å². The molecule has 0 aromatic heterocycles. The van der Waals surface area contributed by atoms with E-state index in [2.05, 4.69) is 33.0 Å². The highest BCUT2D eigenvalue weighted by Crippen LogP contribution is 2.68. The minimum atomic E-state index is -4.05. The Morgan fingerprint density at radius 2 is 1.53 bits per heavy atom. The van der Waals surface area contributed by atoms with E-state index in [1.807, 2.05) is 0 Å². The van der Waals surface area contributed by atoms with E-state index < -0.39 is 12.1 Å². The lowest BCUT2D eigenvalue weighted by Crippen LogP contribution is -2.46. The summed E-state index contributed by atoms with van der Waals surface area (Å²) in [4.78, 5) is 0. The molecule has 1 nitrogen and oxygen atoms in total. The Morgan fingerprint density at radius 1 is 1.00 bits per heavy atom. The average Bonchev–Trinajstić information content (AvgIpc) is 2.66. The van der Waals surface area contributed by atoms with Gasteiger partial charge >= 0.3 is 6.18 Å². The fourth-order valence-corrected chi connectivity index (χ4v) is 3.88. The highest BCUT2D eigenvalue weighted by Gasteiger charge is 2.64. The molecule has 0 heterocycles. The summed E-state index contributed by atoms with van der Waals surface area (Å²) in [5.41, 5.74) is 0.477. The zero-order chi connectivity index (χ0) is 14.5. The second-order valence-corrected chi connectivity index (χ2v) is 7.44. The summed E-state index contributed by atoms with van der Waals surface area (Å²) in [7, 11) is 0. The molecular weight excluding hydrogens is 251 g/mol. The van der Waals surface area contributed by atoms with Crippen LogP contribution in [0.3, 0.4) is 0 Å². The van der Waals surface area contributed by atoms with Gasteiger partial charge in [-0.25, -0.2) is 0 Å². The first-order chi connectivity index (χ1) is 8.58. The van der Waals surface area contributed by atoms with Gasteiger partial charge in [0.15, 0.2) is 0 Å². The van der Waals surface area contributed by atoms with E-state index in [4.69, 9.17) is 0 Å². The molecule has 2 saturated carbocycles. The Balaban J connectivity index is 1.92. The Labute approximate surface area is 114 Å². The number of hydrogen-bond donors (Lipinski definition) is 1. The smallest absolute Gasteiger partial charge is 0.313 e. The molecule has 0 spiro atoms. The van der Waals surface area contributed by atoms with E-state index in [9.17, 15) is 13.2 Å². The molecule has 0 bridgehead atoms. The molecule has 0 aromatic rings. The Kier molecular flexibility index (Phi) is 3.70. The molecule has 0 amide bonds. The van der Waals surface area contributed by atoms with Crippen LogP contribution in [0.15, 0.2) is 0 Å². The lowest BCUT2D eigenvalue weighted by atomic mass is 9.84. The van der Waals surface area contributed by atoms with Crippen LogP contribution in [-0.2, 0) is 0 Å². The van der Waals surface area contributed by atoms with Gasteiger partial charge in [0, 0.05) is 6.04 Å². The minimum Gasteiger partial charge on any atom is -0.313 e. The van der Waals surface area contributed by atoms with Crippen LogP contribution in [0.4, 0.5) is 13.2 Å².